The Labute approximate surface area is 126 Å². The molecule has 0 aliphatic carbocycles. The van der Waals surface area contributed by atoms with Gasteiger partial charge in [-0.1, -0.05) is 32.0 Å². The van der Waals surface area contributed by atoms with Crippen molar-refractivity contribution in [2.24, 2.45) is 5.92 Å². The molecule has 1 aliphatic rings. The Morgan fingerprint density at radius 1 is 1.29 bits per heavy atom. The Balaban J connectivity index is 1.91. The molecule has 21 heavy (non-hydrogen) atoms. The van der Waals surface area contributed by atoms with Gasteiger partial charge in [0.1, 0.15) is 0 Å². The predicted octanol–water partition coefficient (Wildman–Crippen LogP) is 3.70. The molecule has 1 aromatic carbocycles. The average Bonchev–Trinajstić information content (AvgIpc) is 2.53. The summed E-state index contributed by atoms with van der Waals surface area (Å²) in [5.74, 6) is 0.534. The summed E-state index contributed by atoms with van der Waals surface area (Å²) in [5.41, 5.74) is 2.34. The van der Waals surface area contributed by atoms with Gasteiger partial charge in [0, 0.05) is 36.7 Å². The minimum Gasteiger partial charge on any atom is -0.373 e. The molecule has 2 unspecified atom stereocenters. The number of ether oxygens (including phenoxy) is 1. The molecule has 3 heteroatoms. The van der Waals surface area contributed by atoms with Crippen molar-refractivity contribution in [2.45, 2.75) is 38.8 Å². The number of aromatic nitrogens is 1. The van der Waals surface area contributed by atoms with E-state index in [4.69, 9.17) is 4.74 Å². The van der Waals surface area contributed by atoms with Crippen molar-refractivity contribution in [1.29, 1.82) is 0 Å². The van der Waals surface area contributed by atoms with E-state index >= 15 is 0 Å². The smallest absolute Gasteiger partial charge is 0.0872 e. The van der Waals surface area contributed by atoms with Gasteiger partial charge in [-0.3, -0.25) is 4.98 Å². The molecule has 2 heterocycles. The number of fused-ring (bicyclic) bond motifs is 1. The molecule has 1 aliphatic heterocycles. The normalized spacial score (nSPS) is 22.8. The molecular weight excluding hydrogens is 260 g/mol. The zero-order valence-electron chi connectivity index (χ0n) is 12.9. The highest BCUT2D eigenvalue weighted by molar-refractivity contribution is 5.82. The minimum absolute atomic E-state index is 0.179. The quantitative estimate of drug-likeness (QED) is 0.929. The van der Waals surface area contributed by atoms with Crippen LogP contribution in [0.15, 0.2) is 36.5 Å². The molecule has 1 saturated heterocycles. The predicted molar refractivity (Wildman–Crippen MR) is 86.3 cm³/mol. The van der Waals surface area contributed by atoms with E-state index in [9.17, 15) is 0 Å². The molecule has 0 bridgehead atoms. The molecule has 0 radical (unpaired) electrons. The fourth-order valence-electron chi connectivity index (χ4n) is 3.15. The molecular formula is C18H24N2O. The largest absolute Gasteiger partial charge is 0.373 e. The number of pyridine rings is 1. The molecule has 1 N–H and O–H groups in total. The second-order valence-electron chi connectivity index (χ2n) is 6.17. The lowest BCUT2D eigenvalue weighted by molar-refractivity contribution is -0.0274. The zero-order valence-corrected chi connectivity index (χ0v) is 12.9. The van der Waals surface area contributed by atoms with Gasteiger partial charge in [0.2, 0.25) is 0 Å². The second kappa shape index (κ2) is 6.54. The van der Waals surface area contributed by atoms with Crippen LogP contribution in [0.4, 0.5) is 0 Å². The van der Waals surface area contributed by atoms with Crippen LogP contribution in [0, 0.1) is 5.92 Å². The number of hydrogen-bond donors (Lipinski definition) is 1. The van der Waals surface area contributed by atoms with E-state index in [0.717, 1.165) is 25.1 Å². The van der Waals surface area contributed by atoms with Crippen molar-refractivity contribution in [3.63, 3.8) is 0 Å². The second-order valence-corrected chi connectivity index (χ2v) is 6.17. The molecule has 0 amide bonds. The zero-order chi connectivity index (χ0) is 14.7. The fraction of sp³-hybridized carbons (Fsp3) is 0.500. The van der Waals surface area contributed by atoms with Crippen molar-refractivity contribution in [1.82, 2.24) is 10.3 Å². The molecule has 112 valence electrons. The summed E-state index contributed by atoms with van der Waals surface area (Å²) in [7, 11) is 0. The van der Waals surface area contributed by atoms with Crippen LogP contribution in [0.3, 0.4) is 0 Å². The summed E-state index contributed by atoms with van der Waals surface area (Å²) < 4.78 is 6.15. The van der Waals surface area contributed by atoms with E-state index in [1.807, 2.05) is 12.3 Å². The molecule has 0 saturated carbocycles. The molecule has 0 spiro atoms. The molecule has 2 atom stereocenters. The Bertz CT molecular complexity index is 591. The highest BCUT2D eigenvalue weighted by Gasteiger charge is 2.28. The average molecular weight is 284 g/mol. The molecule has 1 aromatic heterocycles. The van der Waals surface area contributed by atoms with Gasteiger partial charge < -0.3 is 10.1 Å². The Morgan fingerprint density at radius 3 is 3.00 bits per heavy atom. The summed E-state index contributed by atoms with van der Waals surface area (Å²) in [6, 6.07) is 11.0. The van der Waals surface area contributed by atoms with Gasteiger partial charge in [0.15, 0.2) is 0 Å². The SMILES string of the molecule is CC(C)NCC1CCCOC1c1ccnc2ccccc12. The van der Waals surface area contributed by atoms with Crippen LogP contribution in [0.5, 0.6) is 0 Å². The van der Waals surface area contributed by atoms with Crippen LogP contribution in [0.25, 0.3) is 10.9 Å². The van der Waals surface area contributed by atoms with Crippen LogP contribution in [0.2, 0.25) is 0 Å². The van der Waals surface area contributed by atoms with Crippen molar-refractivity contribution in [3.8, 4) is 0 Å². The van der Waals surface area contributed by atoms with Gasteiger partial charge in [-0.15, -0.1) is 0 Å². The van der Waals surface area contributed by atoms with Crippen LogP contribution >= 0.6 is 0 Å². The first kappa shape index (κ1) is 14.5. The van der Waals surface area contributed by atoms with Crippen LogP contribution in [0.1, 0.15) is 38.4 Å². The highest BCUT2D eigenvalue weighted by Crippen LogP contribution is 2.36. The summed E-state index contributed by atoms with van der Waals surface area (Å²) in [6.45, 7) is 6.26. The van der Waals surface area contributed by atoms with Crippen molar-refractivity contribution >= 4 is 10.9 Å². The summed E-state index contributed by atoms with van der Waals surface area (Å²) in [5, 5.41) is 4.79. The number of hydrogen-bond acceptors (Lipinski definition) is 3. The maximum atomic E-state index is 6.15. The van der Waals surface area contributed by atoms with Crippen molar-refractivity contribution < 1.29 is 4.74 Å². The third-order valence-electron chi connectivity index (χ3n) is 4.22. The van der Waals surface area contributed by atoms with Gasteiger partial charge in [0.25, 0.3) is 0 Å². The standard InChI is InChI=1S/C18H24N2O/c1-13(2)20-12-14-6-5-11-21-18(14)16-9-10-19-17-8-4-3-7-15(16)17/h3-4,7-10,13-14,18,20H,5-6,11-12H2,1-2H3. The number of benzene rings is 1. The summed E-state index contributed by atoms with van der Waals surface area (Å²) >= 11 is 0. The van der Waals surface area contributed by atoms with E-state index in [1.54, 1.807) is 0 Å². The number of para-hydroxylation sites is 1. The monoisotopic (exact) mass is 284 g/mol. The van der Waals surface area contributed by atoms with Crippen LogP contribution in [-0.4, -0.2) is 24.2 Å². The number of rotatable bonds is 4. The Kier molecular flexibility index (Phi) is 4.51. The molecule has 3 rings (SSSR count). The van der Waals surface area contributed by atoms with Gasteiger partial charge in [-0.2, -0.15) is 0 Å². The van der Waals surface area contributed by atoms with Crippen molar-refractivity contribution in [3.05, 3.63) is 42.1 Å². The lowest BCUT2D eigenvalue weighted by Crippen LogP contribution is -2.35. The first-order valence-electron chi connectivity index (χ1n) is 7.94. The van der Waals surface area contributed by atoms with Crippen LogP contribution < -0.4 is 5.32 Å². The van der Waals surface area contributed by atoms with E-state index in [2.05, 4.69) is 48.4 Å². The maximum Gasteiger partial charge on any atom is 0.0872 e. The first-order chi connectivity index (χ1) is 10.3. The summed E-state index contributed by atoms with van der Waals surface area (Å²) in [4.78, 5) is 4.46. The molecule has 1 fully saturated rings. The van der Waals surface area contributed by atoms with Gasteiger partial charge >= 0.3 is 0 Å². The van der Waals surface area contributed by atoms with Crippen LogP contribution in [-0.2, 0) is 4.74 Å². The number of nitrogens with one attached hydrogen (secondary N) is 1. The van der Waals surface area contributed by atoms with E-state index in [0.29, 0.717) is 12.0 Å². The third kappa shape index (κ3) is 3.25. The minimum atomic E-state index is 0.179. The summed E-state index contributed by atoms with van der Waals surface area (Å²) in [6.07, 6.45) is 4.46. The van der Waals surface area contributed by atoms with Gasteiger partial charge in [0.05, 0.1) is 11.6 Å². The molecule has 3 nitrogen and oxygen atoms in total. The van der Waals surface area contributed by atoms with Gasteiger partial charge in [-0.05, 0) is 30.5 Å². The van der Waals surface area contributed by atoms with E-state index in [-0.39, 0.29) is 6.10 Å². The lowest BCUT2D eigenvalue weighted by Gasteiger charge is -2.33. The lowest BCUT2D eigenvalue weighted by atomic mass is 9.88. The third-order valence-corrected chi connectivity index (χ3v) is 4.22. The fourth-order valence-corrected chi connectivity index (χ4v) is 3.15. The van der Waals surface area contributed by atoms with Crippen molar-refractivity contribution in [2.75, 3.05) is 13.2 Å². The highest BCUT2D eigenvalue weighted by atomic mass is 16.5. The maximum absolute atomic E-state index is 6.15. The number of nitrogens with zero attached hydrogens (tertiary/aromatic N) is 1. The Hall–Kier alpha value is -1.45. The Morgan fingerprint density at radius 2 is 2.14 bits per heavy atom. The van der Waals surface area contributed by atoms with E-state index in [1.165, 1.54) is 17.4 Å². The van der Waals surface area contributed by atoms with E-state index < -0.39 is 0 Å². The molecule has 2 aromatic rings. The first-order valence-corrected chi connectivity index (χ1v) is 7.94. The van der Waals surface area contributed by atoms with Gasteiger partial charge in [-0.25, -0.2) is 0 Å². The topological polar surface area (TPSA) is 34.1 Å².